The van der Waals surface area contributed by atoms with Crippen LogP contribution in [-0.2, 0) is 0 Å². The number of hydrogen-bond donors (Lipinski definition) is 0. The van der Waals surface area contributed by atoms with Gasteiger partial charge in [-0.2, -0.15) is 5.26 Å². The van der Waals surface area contributed by atoms with E-state index < -0.39 is 0 Å². The maximum atomic E-state index is 13.0. The largest absolute Gasteiger partial charge is 0.497 e. The molecule has 1 aliphatic rings. The third kappa shape index (κ3) is 5.47. The summed E-state index contributed by atoms with van der Waals surface area (Å²) in [5.41, 5.74) is 2.71. The van der Waals surface area contributed by atoms with Crippen LogP contribution in [0.5, 0.6) is 11.6 Å². The third-order valence-corrected chi connectivity index (χ3v) is 6.15. The number of methoxy groups -OCH3 is 1. The Kier molecular flexibility index (Phi) is 7.68. The molecule has 1 aromatic heterocycles. The molecule has 1 fully saturated rings. The summed E-state index contributed by atoms with van der Waals surface area (Å²) in [4.78, 5) is 23.8. The van der Waals surface area contributed by atoms with Gasteiger partial charge in [0.15, 0.2) is 0 Å². The molecule has 0 spiro atoms. The van der Waals surface area contributed by atoms with Crippen molar-refractivity contribution >= 4 is 22.5 Å². The molecule has 8 nitrogen and oxygen atoms in total. The van der Waals surface area contributed by atoms with Crippen molar-refractivity contribution in [2.45, 2.75) is 6.42 Å². The Hall–Kier alpha value is -3.83. The Balaban J connectivity index is 1.55. The van der Waals surface area contributed by atoms with Crippen LogP contribution in [-0.4, -0.2) is 81.2 Å². The first-order valence-corrected chi connectivity index (χ1v) is 11.8. The molecule has 2 heterocycles. The Bertz CT molecular complexity index is 1210. The molecule has 0 bridgehead atoms. The molecule has 0 N–H and O–H groups in total. The highest BCUT2D eigenvalue weighted by molar-refractivity contribution is 5.97. The topological polar surface area (TPSA) is 81.9 Å². The minimum Gasteiger partial charge on any atom is -0.497 e. The second-order valence-corrected chi connectivity index (χ2v) is 8.78. The quantitative estimate of drug-likeness (QED) is 0.464. The summed E-state index contributed by atoms with van der Waals surface area (Å²) in [6.07, 6.45) is 0.841. The molecule has 4 rings (SSSR count). The van der Waals surface area contributed by atoms with E-state index in [1.807, 2.05) is 43.3 Å². The van der Waals surface area contributed by atoms with Crippen molar-refractivity contribution in [3.8, 4) is 17.7 Å². The summed E-state index contributed by atoms with van der Waals surface area (Å²) in [5, 5.41) is 11.0. The number of hydrogen-bond acceptors (Lipinski definition) is 7. The molecule has 0 saturated carbocycles. The van der Waals surface area contributed by atoms with Crippen molar-refractivity contribution in [3.63, 3.8) is 0 Å². The molecule has 1 amide bonds. The van der Waals surface area contributed by atoms with Gasteiger partial charge in [0.05, 0.1) is 24.9 Å². The lowest BCUT2D eigenvalue weighted by Crippen LogP contribution is -2.49. The zero-order chi connectivity index (χ0) is 24.8. The average molecular weight is 474 g/mol. The second-order valence-electron chi connectivity index (χ2n) is 8.78. The van der Waals surface area contributed by atoms with Crippen LogP contribution in [0.4, 0.5) is 5.69 Å². The Morgan fingerprint density at radius 3 is 2.46 bits per heavy atom. The van der Waals surface area contributed by atoms with Crippen LogP contribution in [0.2, 0.25) is 0 Å². The van der Waals surface area contributed by atoms with E-state index in [4.69, 9.17) is 9.47 Å². The average Bonchev–Trinajstić information content (AvgIpc) is 2.90. The molecule has 182 valence electrons. The summed E-state index contributed by atoms with van der Waals surface area (Å²) < 4.78 is 11.2. The number of benzene rings is 2. The van der Waals surface area contributed by atoms with E-state index in [-0.39, 0.29) is 5.91 Å². The standard InChI is InChI=1S/C27H31N5O3/c1-30(2)13-6-18-35-26-23(19-28)25(22-7-4-5-8-24(22)29-26)31-14-16-32(17-15-31)27(33)20-9-11-21(34-3)12-10-20/h4-5,7-12H,6,13-18H2,1-3H3. The molecule has 0 aliphatic carbocycles. The number of carbonyl (C=O) groups is 1. The normalized spacial score (nSPS) is 13.7. The van der Waals surface area contributed by atoms with Gasteiger partial charge in [-0.1, -0.05) is 18.2 Å². The lowest BCUT2D eigenvalue weighted by Gasteiger charge is -2.37. The number of rotatable bonds is 8. The number of anilines is 1. The number of nitrogens with zero attached hydrogens (tertiary/aromatic N) is 5. The van der Waals surface area contributed by atoms with E-state index in [1.54, 1.807) is 31.4 Å². The second kappa shape index (κ2) is 11.1. The minimum absolute atomic E-state index is 0.00249. The van der Waals surface area contributed by atoms with Crippen LogP contribution in [0.25, 0.3) is 10.9 Å². The van der Waals surface area contributed by atoms with Crippen LogP contribution < -0.4 is 14.4 Å². The maximum Gasteiger partial charge on any atom is 0.253 e. The van der Waals surface area contributed by atoms with Gasteiger partial charge in [0.25, 0.3) is 5.91 Å². The number of aromatic nitrogens is 1. The van der Waals surface area contributed by atoms with Gasteiger partial charge in [0, 0.05) is 43.7 Å². The van der Waals surface area contributed by atoms with Gasteiger partial charge in [0.2, 0.25) is 5.88 Å². The third-order valence-electron chi connectivity index (χ3n) is 6.15. The van der Waals surface area contributed by atoms with Crippen molar-refractivity contribution in [2.24, 2.45) is 0 Å². The first-order valence-electron chi connectivity index (χ1n) is 11.8. The highest BCUT2D eigenvalue weighted by Gasteiger charge is 2.27. The molecule has 0 unspecified atom stereocenters. The van der Waals surface area contributed by atoms with Crippen LogP contribution in [0.15, 0.2) is 48.5 Å². The summed E-state index contributed by atoms with van der Waals surface area (Å²) in [6, 6.07) is 17.3. The SMILES string of the molecule is COc1ccc(C(=O)N2CCN(c3c(C#N)c(OCCCN(C)C)nc4ccccc34)CC2)cc1. The van der Waals surface area contributed by atoms with E-state index in [9.17, 15) is 10.1 Å². The van der Waals surface area contributed by atoms with E-state index in [2.05, 4.69) is 20.9 Å². The number of nitriles is 1. The van der Waals surface area contributed by atoms with Crippen molar-refractivity contribution in [3.05, 3.63) is 59.7 Å². The molecular weight excluding hydrogens is 442 g/mol. The van der Waals surface area contributed by atoms with Gasteiger partial charge in [-0.25, -0.2) is 4.98 Å². The van der Waals surface area contributed by atoms with E-state index >= 15 is 0 Å². The van der Waals surface area contributed by atoms with Gasteiger partial charge in [0.1, 0.15) is 17.4 Å². The van der Waals surface area contributed by atoms with Crippen LogP contribution in [0.1, 0.15) is 22.3 Å². The number of fused-ring (bicyclic) bond motifs is 1. The fraction of sp³-hybridized carbons (Fsp3) is 0.370. The van der Waals surface area contributed by atoms with Gasteiger partial charge >= 0.3 is 0 Å². The van der Waals surface area contributed by atoms with Crippen molar-refractivity contribution in [2.75, 3.05) is 65.4 Å². The lowest BCUT2D eigenvalue weighted by atomic mass is 10.1. The number of carbonyl (C=O) groups excluding carboxylic acids is 1. The van der Waals surface area contributed by atoms with Gasteiger partial charge in [-0.3, -0.25) is 4.79 Å². The molecule has 1 aliphatic heterocycles. The zero-order valence-electron chi connectivity index (χ0n) is 20.5. The number of piperazine rings is 1. The Labute approximate surface area is 206 Å². The van der Waals surface area contributed by atoms with Gasteiger partial charge in [-0.15, -0.1) is 0 Å². The summed E-state index contributed by atoms with van der Waals surface area (Å²) >= 11 is 0. The van der Waals surface area contributed by atoms with Crippen molar-refractivity contribution in [1.29, 1.82) is 5.26 Å². The van der Waals surface area contributed by atoms with E-state index in [0.717, 1.165) is 35.3 Å². The summed E-state index contributed by atoms with van der Waals surface area (Å²) in [5.74, 6) is 1.09. The Morgan fingerprint density at radius 2 is 1.80 bits per heavy atom. The predicted molar refractivity (Wildman–Crippen MR) is 136 cm³/mol. The van der Waals surface area contributed by atoms with Crippen LogP contribution in [0, 0.1) is 11.3 Å². The molecule has 3 aromatic rings. The minimum atomic E-state index is -0.00249. The number of amides is 1. The monoisotopic (exact) mass is 473 g/mol. The van der Waals surface area contributed by atoms with Gasteiger partial charge in [-0.05, 0) is 50.8 Å². The molecular formula is C27H31N5O3. The van der Waals surface area contributed by atoms with Crippen molar-refractivity contribution < 1.29 is 14.3 Å². The molecule has 8 heteroatoms. The number of pyridine rings is 1. The zero-order valence-corrected chi connectivity index (χ0v) is 20.5. The lowest BCUT2D eigenvalue weighted by molar-refractivity contribution is 0.0747. The molecule has 0 atom stereocenters. The molecule has 35 heavy (non-hydrogen) atoms. The maximum absolute atomic E-state index is 13.0. The first kappa shape index (κ1) is 24.3. The number of ether oxygens (including phenoxy) is 2. The van der Waals surface area contributed by atoms with Crippen LogP contribution in [0.3, 0.4) is 0 Å². The summed E-state index contributed by atoms with van der Waals surface area (Å²) in [6.45, 7) is 3.74. The molecule has 0 radical (unpaired) electrons. The highest BCUT2D eigenvalue weighted by atomic mass is 16.5. The van der Waals surface area contributed by atoms with Crippen LogP contribution >= 0.6 is 0 Å². The van der Waals surface area contributed by atoms with E-state index in [1.165, 1.54) is 0 Å². The highest BCUT2D eigenvalue weighted by Crippen LogP contribution is 2.35. The predicted octanol–water partition coefficient (Wildman–Crippen LogP) is 3.41. The number of para-hydroxylation sites is 1. The molecule has 1 saturated heterocycles. The Morgan fingerprint density at radius 1 is 1.09 bits per heavy atom. The summed E-state index contributed by atoms with van der Waals surface area (Å²) in [7, 11) is 5.65. The smallest absolute Gasteiger partial charge is 0.253 e. The fourth-order valence-electron chi connectivity index (χ4n) is 4.31. The van der Waals surface area contributed by atoms with Crippen molar-refractivity contribution in [1.82, 2.24) is 14.8 Å². The van der Waals surface area contributed by atoms with E-state index in [0.29, 0.717) is 49.8 Å². The fourth-order valence-corrected chi connectivity index (χ4v) is 4.31. The van der Waals surface area contributed by atoms with Gasteiger partial charge < -0.3 is 24.2 Å². The molecule has 2 aromatic carbocycles. The first-order chi connectivity index (χ1) is 17.0.